The lowest BCUT2D eigenvalue weighted by Gasteiger charge is -2.29. The fourth-order valence-electron chi connectivity index (χ4n) is 4.43. The average Bonchev–Trinajstić information content (AvgIpc) is 2.95. The summed E-state index contributed by atoms with van der Waals surface area (Å²) in [4.78, 5) is 27.2. The van der Waals surface area contributed by atoms with Crippen molar-refractivity contribution in [2.75, 3.05) is 33.7 Å². The van der Waals surface area contributed by atoms with E-state index in [1.807, 2.05) is 67.7 Å². The quantitative estimate of drug-likeness (QED) is 0.119. The zero-order chi connectivity index (χ0) is 28.9. The van der Waals surface area contributed by atoms with Gasteiger partial charge in [0.2, 0.25) is 0 Å². The van der Waals surface area contributed by atoms with Crippen LogP contribution < -0.4 is 11.1 Å². The maximum absolute atomic E-state index is 12.3. The summed E-state index contributed by atoms with van der Waals surface area (Å²) in [6, 6.07) is 18.7. The number of aliphatic carboxylic acids is 1. The largest absolute Gasteiger partial charge is 0.480 e. The molecule has 0 fully saturated rings. The Morgan fingerprint density at radius 1 is 0.975 bits per heavy atom. The summed E-state index contributed by atoms with van der Waals surface area (Å²) < 4.78 is 0. The highest BCUT2D eigenvalue weighted by atomic mass is 35.5. The van der Waals surface area contributed by atoms with Crippen molar-refractivity contribution >= 4 is 57.3 Å². The van der Waals surface area contributed by atoms with E-state index in [1.54, 1.807) is 7.05 Å². The maximum atomic E-state index is 12.3. The van der Waals surface area contributed by atoms with Crippen LogP contribution >= 0.6 is 23.2 Å². The Bertz CT molecular complexity index is 1340. The smallest absolute Gasteiger partial charge is 0.320 e. The van der Waals surface area contributed by atoms with Crippen LogP contribution in [0.5, 0.6) is 0 Å². The predicted octanol–water partition coefficient (Wildman–Crippen LogP) is 5.23. The lowest BCUT2D eigenvalue weighted by atomic mass is 10.1. The molecule has 10 heteroatoms. The number of carboxylic acids is 1. The molecular formula is C30H36Cl2N6O2. The van der Waals surface area contributed by atoms with Crippen molar-refractivity contribution in [2.45, 2.75) is 31.7 Å². The number of carbonyl (C=O) groups is 1. The Hall–Kier alpha value is -3.30. The first kappa shape index (κ1) is 31.2. The number of nitrogens with zero attached hydrogens (tertiary/aromatic N) is 4. The van der Waals surface area contributed by atoms with Gasteiger partial charge in [-0.05, 0) is 75.0 Å². The van der Waals surface area contributed by atoms with E-state index in [4.69, 9.17) is 38.9 Å². The van der Waals surface area contributed by atoms with Crippen LogP contribution in [0.15, 0.2) is 65.7 Å². The number of fused-ring (bicyclic) bond motifs is 2. The summed E-state index contributed by atoms with van der Waals surface area (Å²) in [5, 5.41) is 16.5. The second-order valence-corrected chi connectivity index (χ2v) is 10.2. The van der Waals surface area contributed by atoms with Crippen molar-refractivity contribution in [3.63, 3.8) is 0 Å². The molecule has 4 N–H and O–H groups in total. The molecule has 212 valence electrons. The van der Waals surface area contributed by atoms with Crippen LogP contribution in [0.4, 0.5) is 0 Å². The van der Waals surface area contributed by atoms with Gasteiger partial charge in [-0.3, -0.25) is 24.7 Å². The molecule has 0 aliphatic rings. The number of hydrogen-bond acceptors (Lipinski definition) is 6. The molecule has 2 heterocycles. The number of nitrogens with two attached hydrogens (primary N) is 1. The number of hydrogen-bond donors (Lipinski definition) is 3. The van der Waals surface area contributed by atoms with E-state index in [0.29, 0.717) is 42.4 Å². The van der Waals surface area contributed by atoms with Gasteiger partial charge in [0.1, 0.15) is 6.04 Å². The van der Waals surface area contributed by atoms with Crippen LogP contribution in [0, 0.1) is 0 Å². The monoisotopic (exact) mass is 582 g/mol. The van der Waals surface area contributed by atoms with E-state index in [2.05, 4.69) is 15.2 Å². The van der Waals surface area contributed by atoms with Gasteiger partial charge in [0.15, 0.2) is 0 Å². The van der Waals surface area contributed by atoms with Gasteiger partial charge in [-0.25, -0.2) is 0 Å². The van der Waals surface area contributed by atoms with Gasteiger partial charge in [0.05, 0.1) is 17.4 Å². The molecule has 8 nitrogen and oxygen atoms in total. The molecule has 1 atom stereocenters. The number of carboxylic acid groups (broad SMARTS) is 1. The molecule has 0 bridgehead atoms. The Balaban J connectivity index is 0.00000103. The number of aromatic nitrogens is 2. The van der Waals surface area contributed by atoms with E-state index >= 15 is 0 Å². The number of aliphatic imine (C=N–C) groups is 1. The highest BCUT2D eigenvalue weighted by Crippen LogP contribution is 2.20. The Kier molecular flexibility index (Phi) is 12.6. The summed E-state index contributed by atoms with van der Waals surface area (Å²) in [6.45, 7) is 1.96. The fourth-order valence-corrected chi connectivity index (χ4v) is 4.79. The van der Waals surface area contributed by atoms with Gasteiger partial charge in [-0.15, -0.1) is 0 Å². The van der Waals surface area contributed by atoms with Crippen molar-refractivity contribution in [1.29, 1.82) is 0 Å². The summed E-state index contributed by atoms with van der Waals surface area (Å²) in [7, 11) is 3.50. The van der Waals surface area contributed by atoms with Gasteiger partial charge >= 0.3 is 5.97 Å². The second kappa shape index (κ2) is 16.1. The van der Waals surface area contributed by atoms with Gasteiger partial charge in [0, 0.05) is 65.2 Å². The van der Waals surface area contributed by atoms with Gasteiger partial charge in [-0.2, -0.15) is 0 Å². The first-order valence-electron chi connectivity index (χ1n) is 13.2. The van der Waals surface area contributed by atoms with Crippen LogP contribution in [-0.2, 0) is 17.6 Å². The molecule has 40 heavy (non-hydrogen) atoms. The molecule has 1 unspecified atom stereocenters. The predicted molar refractivity (Wildman–Crippen MR) is 166 cm³/mol. The van der Waals surface area contributed by atoms with E-state index in [9.17, 15) is 9.90 Å². The summed E-state index contributed by atoms with van der Waals surface area (Å²) in [6.07, 6.45) is 3.91. The Morgan fingerprint density at radius 2 is 1.48 bits per heavy atom. The van der Waals surface area contributed by atoms with Crippen molar-refractivity contribution in [3.05, 3.63) is 82.1 Å². The second-order valence-electron chi connectivity index (χ2n) is 9.32. The highest BCUT2D eigenvalue weighted by Gasteiger charge is 2.25. The van der Waals surface area contributed by atoms with Crippen molar-refractivity contribution in [3.8, 4) is 0 Å². The Labute approximate surface area is 245 Å². The standard InChI is InChI=1S/C28H30Cl2N4O2.C2H6N2/c1-31-14-2-3-27(28(35)36)34(15-12-23-8-4-19-17-21(29)6-10-25(19)32-23)16-13-24-9-5-20-18-22(30)7-11-26(20)33-24;1-4-2-3/h4-11,17-18,27,31H,2-3,12-16H2,1H3,(H,35,36);2H,1H3,(H2,3,4). The number of benzene rings is 2. The minimum Gasteiger partial charge on any atom is -0.480 e. The molecule has 0 amide bonds. The third-order valence-corrected chi connectivity index (χ3v) is 6.98. The normalized spacial score (nSPS) is 12.1. The molecule has 0 aliphatic heterocycles. The van der Waals surface area contributed by atoms with Gasteiger partial charge in [-0.1, -0.05) is 35.3 Å². The van der Waals surface area contributed by atoms with Crippen molar-refractivity contribution in [1.82, 2.24) is 20.2 Å². The molecule has 4 rings (SSSR count). The van der Waals surface area contributed by atoms with Gasteiger partial charge in [0.25, 0.3) is 0 Å². The van der Waals surface area contributed by atoms with Crippen LogP contribution in [0.3, 0.4) is 0 Å². The third-order valence-electron chi connectivity index (χ3n) is 6.51. The zero-order valence-corrected chi connectivity index (χ0v) is 24.4. The molecule has 2 aromatic carbocycles. The fraction of sp³-hybridized carbons (Fsp3) is 0.333. The first-order chi connectivity index (χ1) is 19.3. The number of rotatable bonds is 12. The Morgan fingerprint density at radius 3 is 1.90 bits per heavy atom. The summed E-state index contributed by atoms with van der Waals surface area (Å²) in [5.74, 6) is -0.798. The van der Waals surface area contributed by atoms with E-state index in [0.717, 1.165) is 46.2 Å². The molecule has 4 aromatic rings. The van der Waals surface area contributed by atoms with Crippen LogP contribution in [0.2, 0.25) is 10.0 Å². The van der Waals surface area contributed by atoms with E-state index in [1.165, 1.54) is 6.34 Å². The minimum atomic E-state index is -0.798. The molecule has 0 spiro atoms. The number of nitrogens with one attached hydrogen (secondary N) is 1. The topological polar surface area (TPSA) is 117 Å². The zero-order valence-electron chi connectivity index (χ0n) is 22.9. The number of halogens is 2. The molecule has 0 saturated carbocycles. The first-order valence-corrected chi connectivity index (χ1v) is 13.9. The number of pyridine rings is 2. The van der Waals surface area contributed by atoms with Crippen molar-refractivity contribution < 1.29 is 9.90 Å². The van der Waals surface area contributed by atoms with Crippen LogP contribution in [0.25, 0.3) is 21.8 Å². The molecule has 0 aliphatic carbocycles. The summed E-state index contributed by atoms with van der Waals surface area (Å²) in [5.41, 5.74) is 8.35. The maximum Gasteiger partial charge on any atom is 0.320 e. The van der Waals surface area contributed by atoms with Crippen molar-refractivity contribution in [2.24, 2.45) is 10.7 Å². The van der Waals surface area contributed by atoms with Crippen LogP contribution in [-0.4, -0.2) is 72.1 Å². The molecule has 0 saturated heterocycles. The minimum absolute atomic E-state index is 0.572. The highest BCUT2D eigenvalue weighted by molar-refractivity contribution is 6.31. The SMILES string of the molecule is CN=CN.CNCCCC(C(=O)O)N(CCc1ccc2cc(Cl)ccc2n1)CCc1ccc2cc(Cl)ccc2n1. The lowest BCUT2D eigenvalue weighted by Crippen LogP contribution is -2.44. The molecule has 2 aromatic heterocycles. The third kappa shape index (κ3) is 9.41. The molecule has 0 radical (unpaired) electrons. The summed E-state index contributed by atoms with van der Waals surface area (Å²) >= 11 is 12.2. The molecular weight excluding hydrogens is 547 g/mol. The average molecular weight is 584 g/mol. The van der Waals surface area contributed by atoms with E-state index < -0.39 is 12.0 Å². The van der Waals surface area contributed by atoms with E-state index in [-0.39, 0.29) is 0 Å². The lowest BCUT2D eigenvalue weighted by molar-refractivity contribution is -0.143. The van der Waals surface area contributed by atoms with Crippen LogP contribution in [0.1, 0.15) is 24.2 Å². The van der Waals surface area contributed by atoms with Gasteiger partial charge < -0.3 is 16.2 Å².